The number of carbonyl (C=O) groups is 1. The molecule has 0 spiro atoms. The van der Waals surface area contributed by atoms with Gasteiger partial charge in [0.25, 0.3) is 0 Å². The number of nitrogens with one attached hydrogen (secondary N) is 3. The Labute approximate surface area is 168 Å². The molecule has 0 saturated heterocycles. The van der Waals surface area contributed by atoms with Crippen molar-refractivity contribution in [1.82, 2.24) is 10.4 Å². The minimum atomic E-state index is -4.63. The van der Waals surface area contributed by atoms with Crippen LogP contribution in [0.15, 0.2) is 67.0 Å². The van der Waals surface area contributed by atoms with Gasteiger partial charge in [-0.25, -0.2) is 4.79 Å². The van der Waals surface area contributed by atoms with Crippen molar-refractivity contribution < 1.29 is 22.7 Å². The van der Waals surface area contributed by atoms with E-state index >= 15 is 0 Å². The van der Waals surface area contributed by atoms with Crippen molar-refractivity contribution in [2.45, 2.75) is 6.18 Å². The van der Waals surface area contributed by atoms with Gasteiger partial charge in [-0.15, -0.1) is 0 Å². The van der Waals surface area contributed by atoms with Crippen LogP contribution in [0.25, 0.3) is 0 Å². The second-order valence-electron chi connectivity index (χ2n) is 5.71. The van der Waals surface area contributed by atoms with E-state index in [4.69, 9.17) is 16.3 Å². The number of ether oxygens (including phenoxy) is 1. The summed E-state index contributed by atoms with van der Waals surface area (Å²) in [7, 11) is 0. The largest absolute Gasteiger partial charge is 0.457 e. The Hall–Kier alpha value is -3.46. The molecule has 3 rings (SSSR count). The number of hydrogen-bond donors (Lipinski definition) is 3. The minimum Gasteiger partial charge on any atom is -0.457 e. The summed E-state index contributed by atoms with van der Waals surface area (Å²) in [5, 5.41) is 1.85. The van der Waals surface area contributed by atoms with E-state index in [9.17, 15) is 18.0 Å². The molecule has 10 heteroatoms. The number of amides is 2. The third-order valence-electron chi connectivity index (χ3n) is 3.57. The molecule has 2 aromatic carbocycles. The first-order valence-corrected chi connectivity index (χ1v) is 8.57. The summed E-state index contributed by atoms with van der Waals surface area (Å²) in [4.78, 5) is 15.9. The molecule has 1 aromatic heterocycles. The molecule has 0 bridgehead atoms. The highest BCUT2D eigenvalue weighted by Gasteiger charge is 2.33. The number of rotatable bonds is 5. The smallest absolute Gasteiger partial charge is 0.417 e. The number of hydrogen-bond acceptors (Lipinski definition) is 4. The number of nitrogens with zero attached hydrogens (tertiary/aromatic N) is 1. The number of benzene rings is 2. The predicted molar refractivity (Wildman–Crippen MR) is 103 cm³/mol. The molecule has 2 amide bonds. The zero-order valence-electron chi connectivity index (χ0n) is 14.6. The van der Waals surface area contributed by atoms with Gasteiger partial charge in [-0.1, -0.05) is 17.7 Å². The van der Waals surface area contributed by atoms with Crippen LogP contribution in [-0.2, 0) is 6.18 Å². The van der Waals surface area contributed by atoms with Gasteiger partial charge in [-0.3, -0.25) is 15.8 Å². The van der Waals surface area contributed by atoms with Gasteiger partial charge < -0.3 is 10.1 Å². The van der Waals surface area contributed by atoms with Gasteiger partial charge in [0.1, 0.15) is 11.5 Å². The summed E-state index contributed by atoms with van der Waals surface area (Å²) < 4.78 is 44.3. The maximum Gasteiger partial charge on any atom is 0.417 e. The standard InChI is InChI=1S/C19H14ClF3N4O2/c20-17-5-4-12(11-16(17)19(21,22)23)25-18(28)27-26-13-2-1-3-15(10-13)29-14-6-8-24-9-7-14/h1-11,26H,(H2,25,27,28). The fourth-order valence-electron chi connectivity index (χ4n) is 2.29. The summed E-state index contributed by atoms with van der Waals surface area (Å²) >= 11 is 5.56. The van der Waals surface area contributed by atoms with E-state index in [1.807, 2.05) is 0 Å². The number of carbonyl (C=O) groups excluding carboxylic acids is 1. The van der Waals surface area contributed by atoms with Crippen molar-refractivity contribution in [3.05, 3.63) is 77.6 Å². The molecule has 0 atom stereocenters. The number of anilines is 2. The van der Waals surface area contributed by atoms with Crippen molar-refractivity contribution in [2.75, 3.05) is 10.7 Å². The molecule has 0 aliphatic heterocycles. The lowest BCUT2D eigenvalue weighted by Gasteiger charge is -2.13. The van der Waals surface area contributed by atoms with Gasteiger partial charge in [0.15, 0.2) is 0 Å². The molecule has 3 aromatic rings. The fraction of sp³-hybridized carbons (Fsp3) is 0.0526. The second-order valence-corrected chi connectivity index (χ2v) is 6.12. The van der Waals surface area contributed by atoms with Crippen LogP contribution in [0.4, 0.5) is 29.3 Å². The van der Waals surface area contributed by atoms with Crippen LogP contribution in [0.1, 0.15) is 5.56 Å². The van der Waals surface area contributed by atoms with E-state index in [-0.39, 0.29) is 5.69 Å². The van der Waals surface area contributed by atoms with Crippen LogP contribution < -0.4 is 20.9 Å². The normalized spacial score (nSPS) is 10.9. The average Bonchev–Trinajstić information content (AvgIpc) is 2.68. The predicted octanol–water partition coefficient (Wildman–Crippen LogP) is 5.69. The molecule has 0 aliphatic rings. The summed E-state index contributed by atoms with van der Waals surface area (Å²) in [5.74, 6) is 1.10. The molecule has 0 saturated carbocycles. The van der Waals surface area contributed by atoms with Crippen LogP contribution in [0, 0.1) is 0 Å². The van der Waals surface area contributed by atoms with Gasteiger partial charge in [-0.05, 0) is 42.5 Å². The van der Waals surface area contributed by atoms with Crippen LogP contribution in [-0.4, -0.2) is 11.0 Å². The van der Waals surface area contributed by atoms with Crippen LogP contribution in [0.3, 0.4) is 0 Å². The van der Waals surface area contributed by atoms with E-state index in [0.717, 1.165) is 12.1 Å². The molecule has 0 fully saturated rings. The Morgan fingerprint density at radius 1 is 0.966 bits per heavy atom. The molecule has 29 heavy (non-hydrogen) atoms. The maximum atomic E-state index is 12.9. The number of hydrazine groups is 1. The van der Waals surface area contributed by atoms with Crippen LogP contribution in [0.5, 0.6) is 11.5 Å². The number of aromatic nitrogens is 1. The van der Waals surface area contributed by atoms with Crippen LogP contribution >= 0.6 is 11.6 Å². The Morgan fingerprint density at radius 2 is 1.72 bits per heavy atom. The Balaban J connectivity index is 1.59. The van der Waals surface area contributed by atoms with Gasteiger partial charge in [0.2, 0.25) is 0 Å². The highest BCUT2D eigenvalue weighted by molar-refractivity contribution is 6.31. The number of halogens is 4. The van der Waals surface area contributed by atoms with Crippen molar-refractivity contribution in [1.29, 1.82) is 0 Å². The highest BCUT2D eigenvalue weighted by Crippen LogP contribution is 2.36. The molecule has 0 radical (unpaired) electrons. The van der Waals surface area contributed by atoms with Gasteiger partial charge >= 0.3 is 12.2 Å². The first kappa shape index (κ1) is 20.3. The van der Waals surface area contributed by atoms with Crippen molar-refractivity contribution in [3.8, 4) is 11.5 Å². The zero-order valence-corrected chi connectivity index (χ0v) is 15.4. The maximum absolute atomic E-state index is 12.9. The lowest BCUT2D eigenvalue weighted by atomic mass is 10.2. The second kappa shape index (κ2) is 8.70. The van der Waals surface area contributed by atoms with Crippen molar-refractivity contribution in [3.63, 3.8) is 0 Å². The third kappa shape index (κ3) is 5.76. The number of alkyl halides is 3. The lowest BCUT2D eigenvalue weighted by molar-refractivity contribution is -0.137. The SMILES string of the molecule is O=C(NNc1cccc(Oc2ccncc2)c1)Nc1ccc(Cl)c(C(F)(F)F)c1. The molecule has 150 valence electrons. The summed E-state index contributed by atoms with van der Waals surface area (Å²) in [6.45, 7) is 0. The molecule has 0 unspecified atom stereocenters. The molecular weight excluding hydrogens is 409 g/mol. The highest BCUT2D eigenvalue weighted by atomic mass is 35.5. The van der Waals surface area contributed by atoms with Crippen LogP contribution in [0.2, 0.25) is 5.02 Å². The number of pyridine rings is 1. The van der Waals surface area contributed by atoms with Gasteiger partial charge in [0, 0.05) is 24.1 Å². The monoisotopic (exact) mass is 422 g/mol. The molecule has 1 heterocycles. The third-order valence-corrected chi connectivity index (χ3v) is 3.90. The van der Waals surface area contributed by atoms with E-state index < -0.39 is 22.8 Å². The number of urea groups is 1. The molecule has 3 N–H and O–H groups in total. The molecule has 6 nitrogen and oxygen atoms in total. The lowest BCUT2D eigenvalue weighted by Crippen LogP contribution is -2.33. The Bertz CT molecular complexity index is 1000. The quantitative estimate of drug-likeness (QED) is 0.461. The topological polar surface area (TPSA) is 75.3 Å². The fourth-order valence-corrected chi connectivity index (χ4v) is 2.52. The summed E-state index contributed by atoms with van der Waals surface area (Å²) in [6, 6.07) is 12.4. The van der Waals surface area contributed by atoms with Gasteiger partial charge in [-0.2, -0.15) is 13.2 Å². The van der Waals surface area contributed by atoms with E-state index in [2.05, 4.69) is 21.2 Å². The van der Waals surface area contributed by atoms with E-state index in [1.165, 1.54) is 6.07 Å². The van der Waals surface area contributed by atoms with E-state index in [1.54, 1.807) is 48.8 Å². The van der Waals surface area contributed by atoms with E-state index in [0.29, 0.717) is 17.2 Å². The van der Waals surface area contributed by atoms with Gasteiger partial charge in [0.05, 0.1) is 16.3 Å². The first-order chi connectivity index (χ1) is 13.8. The summed E-state index contributed by atoms with van der Waals surface area (Å²) in [6.07, 6.45) is -1.45. The van der Waals surface area contributed by atoms with Crippen molar-refractivity contribution in [2.24, 2.45) is 0 Å². The molecule has 0 aliphatic carbocycles. The average molecular weight is 423 g/mol. The first-order valence-electron chi connectivity index (χ1n) is 8.19. The minimum absolute atomic E-state index is 0.0594. The van der Waals surface area contributed by atoms with Crippen molar-refractivity contribution >= 4 is 29.0 Å². The zero-order chi connectivity index (χ0) is 20.9. The Morgan fingerprint density at radius 3 is 2.45 bits per heavy atom. The summed E-state index contributed by atoms with van der Waals surface area (Å²) in [5.41, 5.74) is 4.38. The molecular formula is C19H14ClF3N4O2. The Kier molecular flexibility index (Phi) is 6.08.